The number of anilines is 1. The molecule has 2 amide bonds. The monoisotopic (exact) mass is 521 g/mol. The van der Waals surface area contributed by atoms with Crippen molar-refractivity contribution in [1.29, 1.82) is 0 Å². The zero-order valence-corrected chi connectivity index (χ0v) is 22.7. The molecule has 0 bridgehead atoms. The zero-order valence-electron chi connectivity index (χ0n) is 21.1. The van der Waals surface area contributed by atoms with E-state index in [1.165, 1.54) is 4.31 Å². The average Bonchev–Trinajstić information content (AvgIpc) is 2.81. The Labute approximate surface area is 214 Å². The first kappa shape index (κ1) is 28.7. The SMILES string of the molecule is CC[C@H](C)NC(=O)[C@@H](C)N(Cc1ccccc1)C(=O)CCCN(c1cccc(Cl)c1C)S(C)(=O)=O. The first-order valence-electron chi connectivity index (χ1n) is 11.8. The molecular weight excluding hydrogens is 486 g/mol. The van der Waals surface area contributed by atoms with Crippen molar-refractivity contribution in [2.45, 2.75) is 65.6 Å². The molecular formula is C26H36ClN3O4S. The second-order valence-corrected chi connectivity index (χ2v) is 11.1. The number of carbonyl (C=O) groups excluding carboxylic acids is 2. The summed E-state index contributed by atoms with van der Waals surface area (Å²) >= 11 is 6.20. The quantitative estimate of drug-likeness (QED) is 0.444. The van der Waals surface area contributed by atoms with Crippen LogP contribution < -0.4 is 9.62 Å². The van der Waals surface area contributed by atoms with E-state index in [-0.39, 0.29) is 37.4 Å². The lowest BCUT2D eigenvalue weighted by Gasteiger charge is -2.30. The van der Waals surface area contributed by atoms with Gasteiger partial charge in [0.1, 0.15) is 6.04 Å². The van der Waals surface area contributed by atoms with Gasteiger partial charge in [0.15, 0.2) is 0 Å². The maximum absolute atomic E-state index is 13.3. The van der Waals surface area contributed by atoms with Crippen LogP contribution in [-0.2, 0) is 26.2 Å². The minimum absolute atomic E-state index is 0.00267. The molecule has 2 aromatic carbocycles. The van der Waals surface area contributed by atoms with Gasteiger partial charge in [-0.2, -0.15) is 0 Å². The number of nitrogens with zero attached hydrogens (tertiary/aromatic N) is 2. The molecule has 2 aromatic rings. The predicted molar refractivity (Wildman–Crippen MR) is 142 cm³/mol. The molecule has 2 rings (SSSR count). The van der Waals surface area contributed by atoms with E-state index in [1.54, 1.807) is 36.9 Å². The van der Waals surface area contributed by atoms with Crippen LogP contribution in [0.4, 0.5) is 5.69 Å². The molecule has 0 saturated heterocycles. The Bertz CT molecular complexity index is 1110. The molecule has 0 spiro atoms. The van der Waals surface area contributed by atoms with Gasteiger partial charge in [-0.05, 0) is 56.9 Å². The highest BCUT2D eigenvalue weighted by molar-refractivity contribution is 7.92. The first-order chi connectivity index (χ1) is 16.5. The standard InChI is InChI=1S/C26H36ClN3O4S/c1-6-19(2)28-26(32)21(4)29(18-22-12-8-7-9-13-22)25(31)16-11-17-30(35(5,33)34)24-15-10-14-23(27)20(24)3/h7-10,12-15,19,21H,6,11,16-18H2,1-5H3,(H,28,32)/t19-,21+/m0/s1. The molecule has 0 aliphatic rings. The van der Waals surface area contributed by atoms with Crippen LogP contribution in [0.1, 0.15) is 51.2 Å². The maximum atomic E-state index is 13.3. The van der Waals surface area contributed by atoms with Gasteiger partial charge in [-0.25, -0.2) is 8.42 Å². The van der Waals surface area contributed by atoms with Gasteiger partial charge in [0.2, 0.25) is 21.8 Å². The summed E-state index contributed by atoms with van der Waals surface area (Å²) in [5, 5.41) is 3.42. The van der Waals surface area contributed by atoms with Crippen LogP contribution in [0.5, 0.6) is 0 Å². The van der Waals surface area contributed by atoms with Crippen molar-refractivity contribution in [1.82, 2.24) is 10.2 Å². The van der Waals surface area contributed by atoms with Gasteiger partial charge < -0.3 is 10.2 Å². The Morgan fingerprint density at radius 2 is 1.71 bits per heavy atom. The van der Waals surface area contributed by atoms with Gasteiger partial charge in [0.05, 0.1) is 11.9 Å². The Kier molecular flexibility index (Phi) is 10.6. The molecule has 0 aromatic heterocycles. The Balaban J connectivity index is 2.18. The summed E-state index contributed by atoms with van der Waals surface area (Å²) in [7, 11) is -3.58. The van der Waals surface area contributed by atoms with Crippen LogP contribution in [0.2, 0.25) is 5.02 Å². The van der Waals surface area contributed by atoms with E-state index < -0.39 is 16.1 Å². The second kappa shape index (κ2) is 12.9. The van der Waals surface area contributed by atoms with Crippen LogP contribution in [0, 0.1) is 6.92 Å². The van der Waals surface area contributed by atoms with Crippen molar-refractivity contribution in [3.8, 4) is 0 Å². The third-order valence-corrected chi connectivity index (χ3v) is 7.61. The highest BCUT2D eigenvalue weighted by atomic mass is 35.5. The van der Waals surface area contributed by atoms with Crippen LogP contribution in [0.15, 0.2) is 48.5 Å². The van der Waals surface area contributed by atoms with Crippen molar-refractivity contribution in [3.63, 3.8) is 0 Å². The largest absolute Gasteiger partial charge is 0.352 e. The summed E-state index contributed by atoms with van der Waals surface area (Å²) in [6.07, 6.45) is 2.32. The van der Waals surface area contributed by atoms with Crippen LogP contribution in [0.25, 0.3) is 0 Å². The topological polar surface area (TPSA) is 86.8 Å². The summed E-state index contributed by atoms with van der Waals surface area (Å²) in [6, 6.07) is 13.9. The molecule has 0 radical (unpaired) electrons. The number of benzene rings is 2. The number of carbonyl (C=O) groups is 2. The fourth-order valence-electron chi connectivity index (χ4n) is 3.68. The van der Waals surface area contributed by atoms with E-state index in [2.05, 4.69) is 5.32 Å². The molecule has 0 saturated carbocycles. The van der Waals surface area contributed by atoms with Gasteiger partial charge in [-0.3, -0.25) is 13.9 Å². The molecule has 35 heavy (non-hydrogen) atoms. The van der Waals surface area contributed by atoms with Crippen molar-refractivity contribution in [2.24, 2.45) is 0 Å². The molecule has 7 nitrogen and oxygen atoms in total. The Hall–Kier alpha value is -2.58. The second-order valence-electron chi connectivity index (χ2n) is 8.82. The fourth-order valence-corrected chi connectivity index (χ4v) is 4.86. The molecule has 0 aliphatic heterocycles. The van der Waals surface area contributed by atoms with Crippen molar-refractivity contribution < 1.29 is 18.0 Å². The fraction of sp³-hybridized carbons (Fsp3) is 0.462. The lowest BCUT2D eigenvalue weighted by molar-refractivity contribution is -0.140. The lowest BCUT2D eigenvalue weighted by atomic mass is 10.1. The van der Waals surface area contributed by atoms with Gasteiger partial charge in [-0.15, -0.1) is 0 Å². The van der Waals surface area contributed by atoms with Gasteiger partial charge in [-0.1, -0.05) is 54.9 Å². The van der Waals surface area contributed by atoms with Crippen LogP contribution >= 0.6 is 11.6 Å². The Morgan fingerprint density at radius 3 is 2.31 bits per heavy atom. The zero-order chi connectivity index (χ0) is 26.2. The molecule has 0 fully saturated rings. The van der Waals surface area contributed by atoms with E-state index in [0.717, 1.165) is 18.2 Å². The van der Waals surface area contributed by atoms with E-state index in [4.69, 9.17) is 11.6 Å². The lowest BCUT2D eigenvalue weighted by Crippen LogP contribution is -2.49. The van der Waals surface area contributed by atoms with E-state index >= 15 is 0 Å². The molecule has 0 heterocycles. The number of halogens is 1. The van der Waals surface area contributed by atoms with Gasteiger partial charge in [0.25, 0.3) is 0 Å². The summed E-state index contributed by atoms with van der Waals surface area (Å²) in [6.45, 7) is 7.80. The van der Waals surface area contributed by atoms with Crippen molar-refractivity contribution in [2.75, 3.05) is 17.1 Å². The average molecular weight is 522 g/mol. The highest BCUT2D eigenvalue weighted by Crippen LogP contribution is 2.28. The Morgan fingerprint density at radius 1 is 1.06 bits per heavy atom. The number of sulfonamides is 1. The number of amides is 2. The minimum atomic E-state index is -3.58. The number of rotatable bonds is 12. The van der Waals surface area contributed by atoms with E-state index in [0.29, 0.717) is 22.7 Å². The van der Waals surface area contributed by atoms with Crippen LogP contribution in [0.3, 0.4) is 0 Å². The summed E-state index contributed by atoms with van der Waals surface area (Å²) in [5.74, 6) is -0.423. The first-order valence-corrected chi connectivity index (χ1v) is 14.0. The van der Waals surface area contributed by atoms with Crippen molar-refractivity contribution in [3.05, 3.63) is 64.7 Å². The summed E-state index contributed by atoms with van der Waals surface area (Å²) in [5.41, 5.74) is 2.07. The number of hydrogen-bond donors (Lipinski definition) is 1. The van der Waals surface area contributed by atoms with Crippen molar-refractivity contribution >= 4 is 39.1 Å². The maximum Gasteiger partial charge on any atom is 0.242 e. The predicted octanol–water partition coefficient (Wildman–Crippen LogP) is 4.53. The number of hydrogen-bond acceptors (Lipinski definition) is 4. The van der Waals surface area contributed by atoms with Gasteiger partial charge >= 0.3 is 0 Å². The molecule has 192 valence electrons. The number of nitrogens with one attached hydrogen (secondary N) is 1. The molecule has 2 atom stereocenters. The smallest absolute Gasteiger partial charge is 0.242 e. The summed E-state index contributed by atoms with van der Waals surface area (Å²) < 4.78 is 26.3. The third kappa shape index (κ3) is 8.25. The van der Waals surface area contributed by atoms with Gasteiger partial charge in [0, 0.05) is 30.6 Å². The van der Waals surface area contributed by atoms with E-state index in [9.17, 15) is 18.0 Å². The highest BCUT2D eigenvalue weighted by Gasteiger charge is 2.27. The molecule has 1 N–H and O–H groups in total. The van der Waals surface area contributed by atoms with E-state index in [1.807, 2.05) is 44.2 Å². The molecule has 0 unspecified atom stereocenters. The van der Waals surface area contributed by atoms with Crippen LogP contribution in [-0.4, -0.2) is 50.0 Å². The molecule has 0 aliphatic carbocycles. The summed E-state index contributed by atoms with van der Waals surface area (Å²) in [4.78, 5) is 27.7. The molecule has 9 heteroatoms. The minimum Gasteiger partial charge on any atom is -0.352 e. The third-order valence-electron chi connectivity index (χ3n) is 6.02. The normalized spacial score (nSPS) is 13.1.